The van der Waals surface area contributed by atoms with Crippen molar-refractivity contribution >= 4 is 5.97 Å². The van der Waals surface area contributed by atoms with E-state index < -0.39 is 6.10 Å². The zero-order valence-corrected chi connectivity index (χ0v) is 17.2. The number of carbonyl (C=O) groups is 1. The number of hydrogen-bond donors (Lipinski definition) is 1. The third-order valence-electron chi connectivity index (χ3n) is 9.51. The molecular formula is C23H38O3. The first-order valence-electron chi connectivity index (χ1n) is 11.1. The van der Waals surface area contributed by atoms with Crippen LogP contribution in [0.15, 0.2) is 0 Å². The fourth-order valence-electron chi connectivity index (χ4n) is 8.52. The summed E-state index contributed by atoms with van der Waals surface area (Å²) in [7, 11) is 0. The van der Waals surface area contributed by atoms with E-state index in [9.17, 15) is 9.90 Å². The minimum Gasteiger partial charge on any atom is -0.462 e. The van der Waals surface area contributed by atoms with Crippen LogP contribution >= 0.6 is 0 Å². The summed E-state index contributed by atoms with van der Waals surface area (Å²) in [5.41, 5.74) is 0.648. The van der Waals surface area contributed by atoms with Crippen LogP contribution in [0.1, 0.15) is 85.5 Å². The monoisotopic (exact) mass is 362 g/mol. The van der Waals surface area contributed by atoms with Crippen LogP contribution in [0.4, 0.5) is 0 Å². The van der Waals surface area contributed by atoms with Gasteiger partial charge in [0.15, 0.2) is 0 Å². The molecule has 0 radical (unpaired) electrons. The van der Waals surface area contributed by atoms with Gasteiger partial charge in [-0.1, -0.05) is 26.7 Å². The molecule has 0 unspecified atom stereocenters. The van der Waals surface area contributed by atoms with Crippen molar-refractivity contribution in [2.75, 3.05) is 0 Å². The molecule has 4 fully saturated rings. The van der Waals surface area contributed by atoms with Gasteiger partial charge < -0.3 is 9.84 Å². The molecule has 0 bridgehead atoms. The van der Waals surface area contributed by atoms with E-state index in [2.05, 4.69) is 13.8 Å². The van der Waals surface area contributed by atoms with E-state index in [0.29, 0.717) is 11.3 Å². The van der Waals surface area contributed by atoms with Gasteiger partial charge in [0.25, 0.3) is 0 Å². The molecule has 0 heterocycles. The summed E-state index contributed by atoms with van der Waals surface area (Å²) in [6.45, 7) is 8.41. The fraction of sp³-hybridized carbons (Fsp3) is 0.957. The standard InChI is InChI=1S/C23H38O3/c1-14(24)21-20(26-15(2)25)13-19-17-9-8-16-7-5-6-11-22(16,3)18(17)10-12-23(19,21)4/h14,16-21,24H,5-13H2,1-4H3/t14-,16-,17+,18-,19-,20+,21-,22-,23-/m0/s1. The number of esters is 1. The van der Waals surface area contributed by atoms with Gasteiger partial charge in [-0.3, -0.25) is 4.79 Å². The maximum absolute atomic E-state index is 11.7. The predicted molar refractivity (Wildman–Crippen MR) is 102 cm³/mol. The van der Waals surface area contributed by atoms with Gasteiger partial charge in [0.2, 0.25) is 0 Å². The molecule has 3 heteroatoms. The summed E-state index contributed by atoms with van der Waals surface area (Å²) in [6, 6.07) is 0. The number of aliphatic hydroxyl groups is 1. The first-order valence-corrected chi connectivity index (χ1v) is 11.1. The molecule has 4 aliphatic carbocycles. The Morgan fingerprint density at radius 3 is 2.50 bits per heavy atom. The fourth-order valence-corrected chi connectivity index (χ4v) is 8.52. The molecule has 0 aliphatic heterocycles. The van der Waals surface area contributed by atoms with Crippen LogP contribution in [0.2, 0.25) is 0 Å². The van der Waals surface area contributed by atoms with E-state index >= 15 is 0 Å². The maximum atomic E-state index is 11.7. The molecule has 0 aromatic rings. The Bertz CT molecular complexity index is 558. The van der Waals surface area contributed by atoms with Crippen molar-refractivity contribution in [1.29, 1.82) is 0 Å². The Hall–Kier alpha value is -0.570. The van der Waals surface area contributed by atoms with Crippen LogP contribution in [0.5, 0.6) is 0 Å². The summed E-state index contributed by atoms with van der Waals surface area (Å²) < 4.78 is 5.75. The van der Waals surface area contributed by atoms with Crippen LogP contribution in [0.25, 0.3) is 0 Å². The molecule has 0 saturated heterocycles. The molecule has 3 nitrogen and oxygen atoms in total. The van der Waals surface area contributed by atoms with Crippen molar-refractivity contribution in [3.8, 4) is 0 Å². The molecule has 4 saturated carbocycles. The van der Waals surface area contributed by atoms with Crippen molar-refractivity contribution in [2.24, 2.45) is 40.4 Å². The first kappa shape index (κ1) is 18.8. The SMILES string of the molecule is CC(=O)O[C@@H]1C[C@H]2[C@@H]3CC[C@@H]4CCCC[C@]4(C)[C@H]3CC[C@]2(C)[C@H]1[C@H](C)O. The van der Waals surface area contributed by atoms with Crippen molar-refractivity contribution in [1.82, 2.24) is 0 Å². The second-order valence-electron chi connectivity index (χ2n) is 10.6. The smallest absolute Gasteiger partial charge is 0.302 e. The van der Waals surface area contributed by atoms with E-state index in [1.165, 1.54) is 58.3 Å². The summed E-state index contributed by atoms with van der Waals surface area (Å²) in [5.74, 6) is 3.03. The molecule has 9 atom stereocenters. The lowest BCUT2D eigenvalue weighted by atomic mass is 9.45. The van der Waals surface area contributed by atoms with Gasteiger partial charge in [0.1, 0.15) is 6.10 Å². The van der Waals surface area contributed by atoms with E-state index in [-0.39, 0.29) is 23.4 Å². The Labute approximate surface area is 159 Å². The van der Waals surface area contributed by atoms with Crippen molar-refractivity contribution < 1.29 is 14.6 Å². The number of rotatable bonds is 2. The minimum atomic E-state index is -0.410. The highest BCUT2D eigenvalue weighted by Crippen LogP contribution is 2.68. The quantitative estimate of drug-likeness (QED) is 0.706. The third-order valence-corrected chi connectivity index (χ3v) is 9.51. The molecule has 0 spiro atoms. The van der Waals surface area contributed by atoms with Crippen molar-refractivity contribution in [2.45, 2.75) is 97.7 Å². The van der Waals surface area contributed by atoms with E-state index in [0.717, 1.165) is 24.2 Å². The number of hydrogen-bond acceptors (Lipinski definition) is 3. The van der Waals surface area contributed by atoms with Gasteiger partial charge in [-0.05, 0) is 86.4 Å². The number of carbonyl (C=O) groups excluding carboxylic acids is 1. The van der Waals surface area contributed by atoms with Gasteiger partial charge in [0, 0.05) is 12.8 Å². The molecule has 26 heavy (non-hydrogen) atoms. The molecule has 0 amide bonds. The summed E-state index contributed by atoms with van der Waals surface area (Å²) in [6.07, 6.45) is 11.4. The molecule has 148 valence electrons. The average molecular weight is 363 g/mol. The molecular weight excluding hydrogens is 324 g/mol. The Morgan fingerprint density at radius 1 is 1.04 bits per heavy atom. The Kier molecular flexibility index (Phi) is 4.69. The molecule has 4 rings (SSSR count). The summed E-state index contributed by atoms with van der Waals surface area (Å²) >= 11 is 0. The van der Waals surface area contributed by atoms with E-state index in [1.807, 2.05) is 6.92 Å². The highest BCUT2D eigenvalue weighted by molar-refractivity contribution is 5.66. The number of fused-ring (bicyclic) bond motifs is 5. The first-order chi connectivity index (χ1) is 12.3. The van der Waals surface area contributed by atoms with Crippen LogP contribution in [0.3, 0.4) is 0 Å². The third kappa shape index (κ3) is 2.67. The van der Waals surface area contributed by atoms with Crippen molar-refractivity contribution in [3.63, 3.8) is 0 Å². The zero-order chi connectivity index (χ0) is 18.7. The Balaban J connectivity index is 1.64. The normalized spacial score (nSPS) is 51.7. The second-order valence-corrected chi connectivity index (χ2v) is 10.6. The lowest BCUT2D eigenvalue weighted by Gasteiger charge is -2.60. The highest BCUT2D eigenvalue weighted by Gasteiger charge is 2.63. The largest absolute Gasteiger partial charge is 0.462 e. The average Bonchev–Trinajstić information content (AvgIpc) is 2.85. The van der Waals surface area contributed by atoms with Crippen molar-refractivity contribution in [3.05, 3.63) is 0 Å². The maximum Gasteiger partial charge on any atom is 0.302 e. The zero-order valence-electron chi connectivity index (χ0n) is 17.2. The Morgan fingerprint density at radius 2 is 1.81 bits per heavy atom. The van der Waals surface area contributed by atoms with Crippen LogP contribution < -0.4 is 0 Å². The van der Waals surface area contributed by atoms with Gasteiger partial charge in [0.05, 0.1) is 6.10 Å². The number of ether oxygens (including phenoxy) is 1. The van der Waals surface area contributed by atoms with Gasteiger partial charge in [-0.25, -0.2) is 0 Å². The van der Waals surface area contributed by atoms with Gasteiger partial charge >= 0.3 is 5.97 Å². The topological polar surface area (TPSA) is 46.5 Å². The number of aliphatic hydroxyl groups excluding tert-OH is 1. The summed E-state index contributed by atoms with van der Waals surface area (Å²) in [5, 5.41) is 10.6. The van der Waals surface area contributed by atoms with E-state index in [1.54, 1.807) is 0 Å². The van der Waals surface area contributed by atoms with Gasteiger partial charge in [-0.15, -0.1) is 0 Å². The summed E-state index contributed by atoms with van der Waals surface area (Å²) in [4.78, 5) is 11.7. The lowest BCUT2D eigenvalue weighted by molar-refractivity contribution is -0.152. The minimum absolute atomic E-state index is 0.0919. The van der Waals surface area contributed by atoms with Crippen LogP contribution in [-0.2, 0) is 9.53 Å². The molecule has 0 aromatic carbocycles. The van der Waals surface area contributed by atoms with Crippen LogP contribution in [0, 0.1) is 40.4 Å². The molecule has 1 N–H and O–H groups in total. The second kappa shape index (κ2) is 6.50. The molecule has 0 aromatic heterocycles. The highest BCUT2D eigenvalue weighted by atomic mass is 16.5. The van der Waals surface area contributed by atoms with Gasteiger partial charge in [-0.2, -0.15) is 0 Å². The lowest BCUT2D eigenvalue weighted by Crippen LogP contribution is -2.53. The molecule has 4 aliphatic rings. The van der Waals surface area contributed by atoms with Crippen LogP contribution in [-0.4, -0.2) is 23.3 Å². The predicted octanol–water partition coefficient (Wildman–Crippen LogP) is 4.96. The van der Waals surface area contributed by atoms with E-state index in [4.69, 9.17) is 4.74 Å².